The van der Waals surface area contributed by atoms with Crippen molar-refractivity contribution in [3.8, 4) is 6.07 Å². The highest BCUT2D eigenvalue weighted by atomic mass is 19.4. The molecule has 2 aromatic carbocycles. The number of amides is 2. The first-order valence-corrected chi connectivity index (χ1v) is 10.0. The number of halogens is 4. The average Bonchev–Trinajstić information content (AvgIpc) is 3.08. The van der Waals surface area contributed by atoms with Crippen LogP contribution in [0.25, 0.3) is 10.9 Å². The standard InChI is InChI=1S/C23H19F4N5O3/c1-13(33)31-29-10-15-11-32(20-6-4-16(24)7-18(15)20)12-22(2,35)21(34)30-17-5-3-14(9-28)19(8-17)23(25,26)27/h3-8,10-11,35H,12H2,1-2H3,(H,30,34)(H,31,33)/b29-10+/t22-/m0/s1. The number of rotatable bonds is 6. The first-order chi connectivity index (χ1) is 16.3. The summed E-state index contributed by atoms with van der Waals surface area (Å²) in [6.45, 7) is 2.07. The molecule has 0 spiro atoms. The molecule has 0 unspecified atom stereocenters. The number of hydrazone groups is 1. The van der Waals surface area contributed by atoms with E-state index in [-0.39, 0.29) is 12.2 Å². The molecule has 2 amide bonds. The first kappa shape index (κ1) is 25.4. The van der Waals surface area contributed by atoms with E-state index in [0.717, 1.165) is 19.1 Å². The number of nitrogens with zero attached hydrogens (tertiary/aromatic N) is 3. The molecule has 0 saturated heterocycles. The van der Waals surface area contributed by atoms with E-state index < -0.39 is 40.5 Å². The van der Waals surface area contributed by atoms with Crippen molar-refractivity contribution in [3.05, 3.63) is 65.1 Å². The van der Waals surface area contributed by atoms with Crippen molar-refractivity contribution < 1.29 is 32.3 Å². The van der Waals surface area contributed by atoms with Crippen molar-refractivity contribution in [2.75, 3.05) is 5.32 Å². The molecule has 3 aromatic rings. The van der Waals surface area contributed by atoms with Crippen LogP contribution in [0.2, 0.25) is 0 Å². The number of fused-ring (bicyclic) bond motifs is 1. The number of aromatic nitrogens is 1. The molecule has 182 valence electrons. The van der Waals surface area contributed by atoms with Crippen LogP contribution in [0.5, 0.6) is 0 Å². The molecule has 12 heteroatoms. The second kappa shape index (κ2) is 9.55. The zero-order valence-corrected chi connectivity index (χ0v) is 18.4. The van der Waals surface area contributed by atoms with Crippen LogP contribution >= 0.6 is 0 Å². The highest BCUT2D eigenvalue weighted by molar-refractivity contribution is 6.00. The molecule has 3 N–H and O–H groups in total. The van der Waals surface area contributed by atoms with Gasteiger partial charge in [-0.3, -0.25) is 9.59 Å². The van der Waals surface area contributed by atoms with Crippen LogP contribution in [0.4, 0.5) is 23.2 Å². The Balaban J connectivity index is 1.89. The van der Waals surface area contributed by atoms with E-state index in [1.54, 1.807) is 0 Å². The van der Waals surface area contributed by atoms with E-state index in [0.29, 0.717) is 22.5 Å². The van der Waals surface area contributed by atoms with Crippen molar-refractivity contribution >= 4 is 34.6 Å². The van der Waals surface area contributed by atoms with Gasteiger partial charge in [-0.1, -0.05) is 0 Å². The van der Waals surface area contributed by atoms with E-state index in [9.17, 15) is 32.3 Å². The second-order valence-corrected chi connectivity index (χ2v) is 7.90. The molecule has 1 aromatic heterocycles. The molecular weight excluding hydrogens is 470 g/mol. The number of carbonyl (C=O) groups excluding carboxylic acids is 2. The number of anilines is 1. The highest BCUT2D eigenvalue weighted by Crippen LogP contribution is 2.34. The van der Waals surface area contributed by atoms with Crippen LogP contribution in [-0.2, 0) is 22.3 Å². The largest absolute Gasteiger partial charge is 0.417 e. The van der Waals surface area contributed by atoms with Gasteiger partial charge in [-0.25, -0.2) is 9.82 Å². The van der Waals surface area contributed by atoms with Gasteiger partial charge in [0.2, 0.25) is 5.91 Å². The van der Waals surface area contributed by atoms with E-state index in [4.69, 9.17) is 5.26 Å². The maximum absolute atomic E-state index is 13.8. The molecule has 0 fully saturated rings. The fraction of sp³-hybridized carbons (Fsp3) is 0.217. The van der Waals surface area contributed by atoms with Gasteiger partial charge in [-0.2, -0.15) is 23.5 Å². The van der Waals surface area contributed by atoms with Crippen LogP contribution in [-0.4, -0.2) is 33.3 Å². The van der Waals surface area contributed by atoms with Gasteiger partial charge in [-0.15, -0.1) is 0 Å². The number of hydrogen-bond acceptors (Lipinski definition) is 5. The lowest BCUT2D eigenvalue weighted by Crippen LogP contribution is -2.43. The Labute approximate surface area is 196 Å². The Bertz CT molecular complexity index is 1370. The summed E-state index contributed by atoms with van der Waals surface area (Å²) in [7, 11) is 0. The second-order valence-electron chi connectivity index (χ2n) is 7.90. The maximum Gasteiger partial charge on any atom is 0.417 e. The molecule has 8 nitrogen and oxygen atoms in total. The predicted molar refractivity (Wildman–Crippen MR) is 119 cm³/mol. The number of hydrogen-bond donors (Lipinski definition) is 3. The zero-order valence-electron chi connectivity index (χ0n) is 18.4. The third-order valence-electron chi connectivity index (χ3n) is 4.97. The number of carbonyl (C=O) groups is 2. The lowest BCUT2D eigenvalue weighted by atomic mass is 10.0. The van der Waals surface area contributed by atoms with Crippen molar-refractivity contribution in [3.63, 3.8) is 0 Å². The summed E-state index contributed by atoms with van der Waals surface area (Å²) < 4.78 is 54.9. The monoisotopic (exact) mass is 489 g/mol. The van der Waals surface area contributed by atoms with Crippen LogP contribution in [0.15, 0.2) is 47.7 Å². The number of nitriles is 1. The molecule has 1 atom stereocenters. The van der Waals surface area contributed by atoms with Crippen LogP contribution < -0.4 is 10.7 Å². The molecule has 1 heterocycles. The van der Waals surface area contributed by atoms with Crippen LogP contribution in [0.3, 0.4) is 0 Å². The lowest BCUT2D eigenvalue weighted by molar-refractivity contribution is -0.138. The van der Waals surface area contributed by atoms with E-state index in [1.165, 1.54) is 48.2 Å². The molecule has 0 radical (unpaired) electrons. The van der Waals surface area contributed by atoms with E-state index >= 15 is 0 Å². The normalized spacial score (nSPS) is 13.4. The number of aliphatic hydroxyl groups is 1. The highest BCUT2D eigenvalue weighted by Gasteiger charge is 2.35. The molecule has 0 aliphatic carbocycles. The quantitative estimate of drug-likeness (QED) is 0.279. The van der Waals surface area contributed by atoms with Gasteiger partial charge in [0, 0.05) is 35.3 Å². The Morgan fingerprint density at radius 3 is 2.57 bits per heavy atom. The van der Waals surface area contributed by atoms with E-state index in [1.807, 2.05) is 0 Å². The summed E-state index contributed by atoms with van der Waals surface area (Å²) >= 11 is 0. The minimum Gasteiger partial charge on any atom is -0.378 e. The minimum atomic E-state index is -4.82. The summed E-state index contributed by atoms with van der Waals surface area (Å²) in [5.74, 6) is -1.98. The van der Waals surface area contributed by atoms with Gasteiger partial charge < -0.3 is 15.0 Å². The van der Waals surface area contributed by atoms with Crippen LogP contribution in [0.1, 0.15) is 30.5 Å². The molecule has 3 rings (SSSR count). The van der Waals surface area contributed by atoms with Gasteiger partial charge in [0.25, 0.3) is 5.91 Å². The SMILES string of the molecule is CC(=O)N/N=C/c1cn(C[C@](C)(O)C(=O)Nc2ccc(C#N)c(C(F)(F)F)c2)c2ccc(F)cc12. The van der Waals surface area contributed by atoms with Crippen molar-refractivity contribution in [2.24, 2.45) is 5.10 Å². The summed E-state index contributed by atoms with van der Waals surface area (Å²) in [5.41, 5.74) is -1.18. The number of alkyl halides is 3. The maximum atomic E-state index is 13.8. The number of nitrogens with one attached hydrogen (secondary N) is 2. The third-order valence-corrected chi connectivity index (χ3v) is 4.97. The molecule has 0 bridgehead atoms. The summed E-state index contributed by atoms with van der Waals surface area (Å²) in [6, 6.07) is 7.90. The molecular formula is C23H19F4N5O3. The minimum absolute atomic E-state index is 0.260. The molecule has 0 saturated carbocycles. The van der Waals surface area contributed by atoms with Crippen molar-refractivity contribution in [2.45, 2.75) is 32.2 Å². The van der Waals surface area contributed by atoms with Crippen LogP contribution in [0, 0.1) is 17.1 Å². The van der Waals surface area contributed by atoms with E-state index in [2.05, 4.69) is 15.8 Å². The zero-order chi connectivity index (χ0) is 26.0. The summed E-state index contributed by atoms with van der Waals surface area (Å²) in [4.78, 5) is 23.8. The molecule has 0 aliphatic heterocycles. The van der Waals surface area contributed by atoms with Gasteiger partial charge >= 0.3 is 6.18 Å². The summed E-state index contributed by atoms with van der Waals surface area (Å²) in [5, 5.41) is 26.1. The summed E-state index contributed by atoms with van der Waals surface area (Å²) in [6.07, 6.45) is -2.08. The average molecular weight is 489 g/mol. The smallest absolute Gasteiger partial charge is 0.378 e. The molecule has 0 aliphatic rings. The third kappa shape index (κ3) is 5.82. The number of benzene rings is 2. The Kier molecular flexibility index (Phi) is 6.93. The lowest BCUT2D eigenvalue weighted by Gasteiger charge is -2.24. The van der Waals surface area contributed by atoms with Crippen molar-refractivity contribution in [1.29, 1.82) is 5.26 Å². The predicted octanol–water partition coefficient (Wildman–Crippen LogP) is 3.53. The Morgan fingerprint density at radius 2 is 1.94 bits per heavy atom. The van der Waals surface area contributed by atoms with Crippen molar-refractivity contribution in [1.82, 2.24) is 9.99 Å². The van der Waals surface area contributed by atoms with Gasteiger partial charge in [-0.05, 0) is 43.3 Å². The van der Waals surface area contributed by atoms with Gasteiger partial charge in [0.05, 0.1) is 30.0 Å². The fourth-order valence-corrected chi connectivity index (χ4v) is 3.35. The topological polar surface area (TPSA) is 120 Å². The van der Waals surface area contributed by atoms with Gasteiger partial charge in [0.1, 0.15) is 5.82 Å². The Hall–Kier alpha value is -4.24. The van der Waals surface area contributed by atoms with Gasteiger partial charge in [0.15, 0.2) is 5.60 Å². The molecule has 35 heavy (non-hydrogen) atoms. The Morgan fingerprint density at radius 1 is 1.23 bits per heavy atom. The first-order valence-electron chi connectivity index (χ1n) is 10.0. The fourth-order valence-electron chi connectivity index (χ4n) is 3.35.